The third-order valence-electron chi connectivity index (χ3n) is 3.62. The van der Waals surface area contributed by atoms with Gasteiger partial charge in [0.15, 0.2) is 0 Å². The van der Waals surface area contributed by atoms with Crippen molar-refractivity contribution in [2.45, 2.75) is 39.5 Å². The second-order valence-corrected chi connectivity index (χ2v) is 5.35. The highest BCUT2D eigenvalue weighted by atomic mass is 16.2. The molecule has 4 heteroatoms. The maximum atomic E-state index is 11.9. The van der Waals surface area contributed by atoms with Crippen LogP contribution in [0.3, 0.4) is 0 Å². The van der Waals surface area contributed by atoms with E-state index in [0.29, 0.717) is 5.92 Å². The standard InChI is InChI=1S/C14H21N3O/c1-10(2)14(18)17-6-4-12(5-7-17)13-11(3)8-15-9-16-13/h8-10,12H,4-7H2,1-3H3. The molecule has 1 aromatic heterocycles. The van der Waals surface area contributed by atoms with Crippen LogP contribution in [-0.4, -0.2) is 33.9 Å². The van der Waals surface area contributed by atoms with E-state index in [1.807, 2.05) is 24.9 Å². The van der Waals surface area contributed by atoms with Crippen molar-refractivity contribution in [2.24, 2.45) is 5.92 Å². The highest BCUT2D eigenvalue weighted by Crippen LogP contribution is 2.28. The van der Waals surface area contributed by atoms with Crippen LogP contribution >= 0.6 is 0 Å². The molecule has 1 aromatic rings. The number of aromatic nitrogens is 2. The number of carbonyl (C=O) groups excluding carboxylic acids is 1. The van der Waals surface area contributed by atoms with E-state index in [1.54, 1.807) is 6.33 Å². The molecule has 98 valence electrons. The molecule has 1 fully saturated rings. The first-order valence-electron chi connectivity index (χ1n) is 6.65. The highest BCUT2D eigenvalue weighted by molar-refractivity contribution is 5.78. The third kappa shape index (κ3) is 2.68. The van der Waals surface area contributed by atoms with E-state index < -0.39 is 0 Å². The Morgan fingerprint density at radius 2 is 2.06 bits per heavy atom. The van der Waals surface area contributed by atoms with Crippen molar-refractivity contribution in [3.05, 3.63) is 23.8 Å². The molecule has 0 unspecified atom stereocenters. The van der Waals surface area contributed by atoms with Crippen molar-refractivity contribution in [3.8, 4) is 0 Å². The molecule has 1 aliphatic rings. The zero-order chi connectivity index (χ0) is 13.1. The second-order valence-electron chi connectivity index (χ2n) is 5.35. The Bertz CT molecular complexity index is 423. The van der Waals surface area contributed by atoms with Gasteiger partial charge in [-0.2, -0.15) is 0 Å². The number of hydrogen-bond donors (Lipinski definition) is 0. The monoisotopic (exact) mass is 247 g/mol. The van der Waals surface area contributed by atoms with Crippen LogP contribution in [0.15, 0.2) is 12.5 Å². The van der Waals surface area contributed by atoms with Crippen molar-refractivity contribution in [1.29, 1.82) is 0 Å². The molecule has 2 rings (SSSR count). The van der Waals surface area contributed by atoms with Crippen molar-refractivity contribution in [3.63, 3.8) is 0 Å². The minimum absolute atomic E-state index is 0.0994. The number of amides is 1. The smallest absolute Gasteiger partial charge is 0.225 e. The first-order valence-corrected chi connectivity index (χ1v) is 6.65. The predicted molar refractivity (Wildman–Crippen MR) is 70.2 cm³/mol. The van der Waals surface area contributed by atoms with Crippen molar-refractivity contribution in [1.82, 2.24) is 14.9 Å². The van der Waals surface area contributed by atoms with Crippen LogP contribution in [0.2, 0.25) is 0 Å². The van der Waals surface area contributed by atoms with E-state index in [0.717, 1.165) is 37.2 Å². The highest BCUT2D eigenvalue weighted by Gasteiger charge is 2.26. The van der Waals surface area contributed by atoms with E-state index in [-0.39, 0.29) is 11.8 Å². The Morgan fingerprint density at radius 1 is 1.39 bits per heavy atom. The predicted octanol–water partition coefficient (Wildman–Crippen LogP) is 2.15. The summed E-state index contributed by atoms with van der Waals surface area (Å²) in [6.45, 7) is 7.68. The number of piperidine rings is 1. The zero-order valence-electron chi connectivity index (χ0n) is 11.4. The fourth-order valence-electron chi connectivity index (χ4n) is 2.57. The molecule has 0 radical (unpaired) electrons. The number of nitrogens with zero attached hydrogens (tertiary/aromatic N) is 3. The van der Waals surface area contributed by atoms with Crippen LogP contribution in [0.4, 0.5) is 0 Å². The maximum absolute atomic E-state index is 11.9. The van der Waals surface area contributed by atoms with E-state index >= 15 is 0 Å². The molecule has 1 saturated heterocycles. The summed E-state index contributed by atoms with van der Waals surface area (Å²) in [6, 6.07) is 0. The van der Waals surface area contributed by atoms with Gasteiger partial charge in [0.1, 0.15) is 6.33 Å². The molecule has 0 N–H and O–H groups in total. The fourth-order valence-corrected chi connectivity index (χ4v) is 2.57. The Labute approximate surface area is 108 Å². The number of rotatable bonds is 2. The van der Waals surface area contributed by atoms with Crippen LogP contribution in [0.5, 0.6) is 0 Å². The van der Waals surface area contributed by atoms with E-state index in [9.17, 15) is 4.79 Å². The van der Waals surface area contributed by atoms with Gasteiger partial charge < -0.3 is 4.90 Å². The largest absolute Gasteiger partial charge is 0.342 e. The fraction of sp³-hybridized carbons (Fsp3) is 0.643. The first-order chi connectivity index (χ1) is 8.59. The molecule has 1 aliphatic heterocycles. The molecule has 4 nitrogen and oxygen atoms in total. The molecule has 0 aromatic carbocycles. The van der Waals surface area contributed by atoms with Crippen molar-refractivity contribution in [2.75, 3.05) is 13.1 Å². The van der Waals surface area contributed by atoms with E-state index in [4.69, 9.17) is 0 Å². The molecule has 0 spiro atoms. The Kier molecular flexibility index (Phi) is 3.94. The molecule has 1 amide bonds. The summed E-state index contributed by atoms with van der Waals surface area (Å²) in [5, 5.41) is 0. The molecule has 0 saturated carbocycles. The lowest BCUT2D eigenvalue weighted by Gasteiger charge is -2.33. The Balaban J connectivity index is 1.99. The van der Waals surface area contributed by atoms with Gasteiger partial charge in [0.2, 0.25) is 5.91 Å². The lowest BCUT2D eigenvalue weighted by molar-refractivity contribution is -0.135. The molecule has 18 heavy (non-hydrogen) atoms. The summed E-state index contributed by atoms with van der Waals surface area (Å²) < 4.78 is 0. The molecule has 0 aliphatic carbocycles. The minimum atomic E-state index is 0.0994. The maximum Gasteiger partial charge on any atom is 0.225 e. The van der Waals surface area contributed by atoms with Gasteiger partial charge in [0, 0.05) is 36.8 Å². The number of aryl methyl sites for hydroxylation is 1. The van der Waals surface area contributed by atoms with Crippen LogP contribution in [0.25, 0.3) is 0 Å². The van der Waals surface area contributed by atoms with Crippen LogP contribution in [-0.2, 0) is 4.79 Å². The SMILES string of the molecule is Cc1cncnc1C1CCN(C(=O)C(C)C)CC1. The summed E-state index contributed by atoms with van der Waals surface area (Å²) in [4.78, 5) is 22.3. The van der Waals surface area contributed by atoms with Crippen LogP contribution in [0.1, 0.15) is 43.9 Å². The molecule has 2 heterocycles. The van der Waals surface area contributed by atoms with Crippen LogP contribution < -0.4 is 0 Å². The number of carbonyl (C=O) groups is 1. The van der Waals surface area contributed by atoms with Crippen LogP contribution in [0, 0.1) is 12.8 Å². The second kappa shape index (κ2) is 5.46. The van der Waals surface area contributed by atoms with E-state index in [1.165, 1.54) is 0 Å². The van der Waals surface area contributed by atoms with Gasteiger partial charge in [-0.15, -0.1) is 0 Å². The Morgan fingerprint density at radius 3 is 2.61 bits per heavy atom. The molecule has 0 atom stereocenters. The normalized spacial score (nSPS) is 17.2. The quantitative estimate of drug-likeness (QED) is 0.804. The topological polar surface area (TPSA) is 46.1 Å². The first kappa shape index (κ1) is 13.0. The van der Waals surface area contributed by atoms with Gasteiger partial charge >= 0.3 is 0 Å². The van der Waals surface area contributed by atoms with Gasteiger partial charge in [-0.1, -0.05) is 13.8 Å². The minimum Gasteiger partial charge on any atom is -0.342 e. The molecule has 0 bridgehead atoms. The van der Waals surface area contributed by atoms with Gasteiger partial charge in [-0.25, -0.2) is 9.97 Å². The number of likely N-dealkylation sites (tertiary alicyclic amines) is 1. The average Bonchev–Trinajstić information content (AvgIpc) is 2.38. The lowest BCUT2D eigenvalue weighted by Crippen LogP contribution is -2.40. The van der Waals surface area contributed by atoms with Crippen molar-refractivity contribution >= 4 is 5.91 Å². The van der Waals surface area contributed by atoms with Gasteiger partial charge in [0.05, 0.1) is 0 Å². The van der Waals surface area contributed by atoms with Gasteiger partial charge in [-0.05, 0) is 25.3 Å². The third-order valence-corrected chi connectivity index (χ3v) is 3.62. The number of hydrogen-bond acceptors (Lipinski definition) is 3. The lowest BCUT2D eigenvalue weighted by atomic mass is 9.91. The summed E-state index contributed by atoms with van der Waals surface area (Å²) in [5.74, 6) is 0.847. The van der Waals surface area contributed by atoms with E-state index in [2.05, 4.69) is 16.9 Å². The summed E-state index contributed by atoms with van der Waals surface area (Å²) in [5.41, 5.74) is 2.31. The summed E-state index contributed by atoms with van der Waals surface area (Å²) in [6.07, 6.45) is 5.51. The molecular weight excluding hydrogens is 226 g/mol. The average molecular weight is 247 g/mol. The van der Waals surface area contributed by atoms with Gasteiger partial charge in [0.25, 0.3) is 0 Å². The summed E-state index contributed by atoms with van der Waals surface area (Å²) >= 11 is 0. The zero-order valence-corrected chi connectivity index (χ0v) is 11.4. The van der Waals surface area contributed by atoms with Crippen molar-refractivity contribution < 1.29 is 4.79 Å². The summed E-state index contributed by atoms with van der Waals surface area (Å²) in [7, 11) is 0. The molecular formula is C14H21N3O. The van der Waals surface area contributed by atoms with Gasteiger partial charge in [-0.3, -0.25) is 4.79 Å². The Hall–Kier alpha value is -1.45.